The van der Waals surface area contributed by atoms with Crippen molar-refractivity contribution in [3.8, 4) is 33.6 Å². The van der Waals surface area contributed by atoms with Gasteiger partial charge in [-0.1, -0.05) is 218 Å². The van der Waals surface area contributed by atoms with Gasteiger partial charge in [-0.15, -0.1) is 0 Å². The van der Waals surface area contributed by atoms with Crippen molar-refractivity contribution in [1.82, 2.24) is 9.13 Å². The van der Waals surface area contributed by atoms with E-state index in [0.29, 0.717) is 0 Å². The van der Waals surface area contributed by atoms with Crippen LogP contribution < -0.4 is 20.7 Å². The minimum absolute atomic E-state index is 1.13. The molecular weight excluding hydrogens is 777 g/mol. The lowest BCUT2D eigenvalue weighted by molar-refractivity contribution is 1.16. The quantitative estimate of drug-likeness (QED) is 0.107. The third kappa shape index (κ3) is 5.85. The monoisotopic (exact) mass is 818 g/mol. The number of aromatic nitrogens is 2. The van der Waals surface area contributed by atoms with Crippen LogP contribution in [-0.2, 0) is 0 Å². The van der Waals surface area contributed by atoms with E-state index in [1.54, 1.807) is 0 Å². The number of benzene rings is 10. The van der Waals surface area contributed by atoms with Gasteiger partial charge < -0.3 is 9.13 Å². The number of nitrogens with zero attached hydrogens (tertiary/aromatic N) is 2. The first-order chi connectivity index (χ1) is 31.3. The predicted molar refractivity (Wildman–Crippen MR) is 270 cm³/mol. The molecule has 2 aromatic heterocycles. The normalized spacial score (nSPS) is 11.8. The van der Waals surface area contributed by atoms with Crippen LogP contribution in [0.4, 0.5) is 0 Å². The highest BCUT2D eigenvalue weighted by Gasteiger charge is 2.43. The highest BCUT2D eigenvalue weighted by atomic mass is 28.3. The fraction of sp³-hybridized carbons (Fsp3) is 0. The van der Waals surface area contributed by atoms with Crippen LogP contribution >= 0.6 is 0 Å². The van der Waals surface area contributed by atoms with E-state index in [-0.39, 0.29) is 0 Å². The molecule has 0 saturated carbocycles. The molecule has 3 heteroatoms. The van der Waals surface area contributed by atoms with Gasteiger partial charge in [-0.25, -0.2) is 0 Å². The molecule has 0 amide bonds. The summed E-state index contributed by atoms with van der Waals surface area (Å²) in [6.07, 6.45) is 0. The Morgan fingerprint density at radius 2 is 0.778 bits per heavy atom. The molecule has 0 atom stereocenters. The molecule has 2 nitrogen and oxygen atoms in total. The van der Waals surface area contributed by atoms with Crippen LogP contribution in [0.3, 0.4) is 0 Å². The molecule has 12 rings (SSSR count). The van der Waals surface area contributed by atoms with Crippen molar-refractivity contribution < 1.29 is 0 Å². The van der Waals surface area contributed by atoms with Gasteiger partial charge in [-0.2, -0.15) is 0 Å². The zero-order chi connectivity index (χ0) is 41.7. The van der Waals surface area contributed by atoms with Gasteiger partial charge in [0.05, 0.1) is 22.1 Å². The summed E-state index contributed by atoms with van der Waals surface area (Å²) in [6, 6.07) is 94.4. The maximum Gasteiger partial charge on any atom is 0.181 e. The zero-order valence-electron chi connectivity index (χ0n) is 34.6. The Kier molecular flexibility index (Phi) is 8.87. The number of fused-ring (bicyclic) bond motifs is 6. The summed E-state index contributed by atoms with van der Waals surface area (Å²) in [6.45, 7) is 0. The van der Waals surface area contributed by atoms with E-state index in [4.69, 9.17) is 0 Å². The smallest absolute Gasteiger partial charge is 0.181 e. The standard InChI is InChI=1S/C60H42N2Si/c1-6-21-43(22-7-1)45-25-18-26-46(41-45)61-55-36-17-16-33-52(55)53-40-39-47(42-57(53)61)62-56-37-19-34-51(44-23-8-2-9-24-44)59(56)54-35-20-38-58(60(54)62)63(48-27-10-3-11-28-48,49-29-12-4-13-30-49)50-31-14-5-15-32-50/h1-42H. The van der Waals surface area contributed by atoms with Gasteiger partial charge in [-0.05, 0) is 79.4 Å². The SMILES string of the molecule is c1ccc(-c2cccc(-n3c4ccccc4c4ccc(-n5c6cccc(-c7ccccc7)c6c6cccc([Si](c7ccccc7)(c7ccccc7)c7ccccc7)c65)cc43)c2)cc1. The topological polar surface area (TPSA) is 9.86 Å². The van der Waals surface area contributed by atoms with E-state index in [1.807, 2.05) is 0 Å². The van der Waals surface area contributed by atoms with Crippen molar-refractivity contribution in [3.63, 3.8) is 0 Å². The summed E-state index contributed by atoms with van der Waals surface area (Å²) < 4.78 is 5.05. The molecule has 0 fully saturated rings. The van der Waals surface area contributed by atoms with Gasteiger partial charge in [0.15, 0.2) is 8.07 Å². The summed E-state index contributed by atoms with van der Waals surface area (Å²) in [5.41, 5.74) is 11.9. The van der Waals surface area contributed by atoms with E-state index >= 15 is 0 Å². The molecule has 0 aliphatic heterocycles. The molecule has 0 spiro atoms. The lowest BCUT2D eigenvalue weighted by atomic mass is 9.99. The predicted octanol–water partition coefficient (Wildman–Crippen LogP) is 12.6. The first-order valence-corrected chi connectivity index (χ1v) is 23.8. The molecule has 0 saturated heterocycles. The Morgan fingerprint density at radius 3 is 1.44 bits per heavy atom. The van der Waals surface area contributed by atoms with Gasteiger partial charge in [0.25, 0.3) is 0 Å². The Labute approximate surface area is 368 Å². The van der Waals surface area contributed by atoms with Crippen LogP contribution in [-0.4, -0.2) is 17.2 Å². The van der Waals surface area contributed by atoms with Crippen LogP contribution in [0.1, 0.15) is 0 Å². The fourth-order valence-electron chi connectivity index (χ4n) is 10.4. The highest BCUT2D eigenvalue weighted by Crippen LogP contribution is 2.41. The summed E-state index contributed by atoms with van der Waals surface area (Å²) in [4.78, 5) is 0. The minimum atomic E-state index is -3.00. The number of para-hydroxylation sites is 2. The molecule has 0 N–H and O–H groups in total. The zero-order valence-corrected chi connectivity index (χ0v) is 35.6. The Balaban J connectivity index is 1.23. The summed E-state index contributed by atoms with van der Waals surface area (Å²) in [7, 11) is -3.00. The highest BCUT2D eigenvalue weighted by molar-refractivity contribution is 7.20. The molecule has 296 valence electrons. The van der Waals surface area contributed by atoms with Crippen molar-refractivity contribution in [2.24, 2.45) is 0 Å². The molecule has 10 aromatic carbocycles. The lowest BCUT2D eigenvalue weighted by Gasteiger charge is -2.35. The van der Waals surface area contributed by atoms with Crippen LogP contribution in [0.25, 0.3) is 77.2 Å². The van der Waals surface area contributed by atoms with Crippen molar-refractivity contribution in [2.45, 2.75) is 0 Å². The van der Waals surface area contributed by atoms with Crippen LogP contribution in [0.15, 0.2) is 255 Å². The first-order valence-electron chi connectivity index (χ1n) is 21.8. The average molecular weight is 819 g/mol. The van der Waals surface area contributed by atoms with Crippen LogP contribution in [0, 0.1) is 0 Å². The van der Waals surface area contributed by atoms with E-state index in [9.17, 15) is 0 Å². The second-order valence-corrected chi connectivity index (χ2v) is 20.2. The average Bonchev–Trinajstić information content (AvgIpc) is 3.89. The molecular formula is C60H42N2Si. The van der Waals surface area contributed by atoms with E-state index in [1.165, 1.54) is 86.6 Å². The number of hydrogen-bond donors (Lipinski definition) is 0. The molecule has 0 radical (unpaired) electrons. The molecule has 0 unspecified atom stereocenters. The Bertz CT molecular complexity index is 3500. The van der Waals surface area contributed by atoms with Crippen LogP contribution in [0.5, 0.6) is 0 Å². The minimum Gasteiger partial charge on any atom is -0.309 e. The number of hydrogen-bond acceptors (Lipinski definition) is 0. The Hall–Kier alpha value is -7.98. The summed E-state index contributed by atoms with van der Waals surface area (Å²) in [5, 5.41) is 10.4. The van der Waals surface area contributed by atoms with Gasteiger partial charge in [0.2, 0.25) is 0 Å². The fourth-order valence-corrected chi connectivity index (χ4v) is 15.4. The molecule has 12 aromatic rings. The van der Waals surface area contributed by atoms with Gasteiger partial charge in [-0.3, -0.25) is 0 Å². The van der Waals surface area contributed by atoms with Crippen LogP contribution in [0.2, 0.25) is 0 Å². The second kappa shape index (κ2) is 15.2. The van der Waals surface area contributed by atoms with Gasteiger partial charge in [0, 0.05) is 32.9 Å². The van der Waals surface area contributed by atoms with Crippen molar-refractivity contribution in [3.05, 3.63) is 255 Å². The molecule has 0 aliphatic rings. The van der Waals surface area contributed by atoms with Gasteiger partial charge in [0.1, 0.15) is 0 Å². The second-order valence-electron chi connectivity index (χ2n) is 16.4. The van der Waals surface area contributed by atoms with E-state index in [2.05, 4.69) is 264 Å². The van der Waals surface area contributed by atoms with E-state index < -0.39 is 8.07 Å². The summed E-state index contributed by atoms with van der Waals surface area (Å²) in [5.74, 6) is 0. The molecule has 0 bridgehead atoms. The van der Waals surface area contributed by atoms with E-state index in [0.717, 1.165) is 11.4 Å². The summed E-state index contributed by atoms with van der Waals surface area (Å²) >= 11 is 0. The third-order valence-electron chi connectivity index (χ3n) is 13.0. The van der Waals surface area contributed by atoms with Gasteiger partial charge >= 0.3 is 0 Å². The molecule has 0 aliphatic carbocycles. The maximum absolute atomic E-state index is 3.00. The van der Waals surface area contributed by atoms with Crippen molar-refractivity contribution in [1.29, 1.82) is 0 Å². The van der Waals surface area contributed by atoms with Crippen molar-refractivity contribution >= 4 is 72.4 Å². The first kappa shape index (κ1) is 36.8. The third-order valence-corrected chi connectivity index (χ3v) is 17.9. The Morgan fingerprint density at radius 1 is 0.286 bits per heavy atom. The maximum atomic E-state index is 2.59. The lowest BCUT2D eigenvalue weighted by Crippen LogP contribution is -2.75. The molecule has 63 heavy (non-hydrogen) atoms. The molecule has 2 heterocycles. The largest absolute Gasteiger partial charge is 0.309 e. The number of rotatable bonds is 8. The van der Waals surface area contributed by atoms with Crippen molar-refractivity contribution in [2.75, 3.05) is 0 Å².